The first-order chi connectivity index (χ1) is 16.5. The predicted octanol–water partition coefficient (Wildman–Crippen LogP) is 7.53. The van der Waals surface area contributed by atoms with Crippen LogP contribution in [0.1, 0.15) is 35.4 Å². The molecule has 0 unspecified atom stereocenters. The highest BCUT2D eigenvalue weighted by atomic mass is 79.9. The molecule has 1 amide bonds. The first kappa shape index (κ1) is 25.8. The van der Waals surface area contributed by atoms with Crippen molar-refractivity contribution in [3.63, 3.8) is 0 Å². The zero-order chi connectivity index (χ0) is 24.2. The minimum atomic E-state index is -0.770. The van der Waals surface area contributed by atoms with E-state index in [1.54, 1.807) is 0 Å². The maximum Gasteiger partial charge on any atom is 0.410 e. The Kier molecular flexibility index (Phi) is 10.4. The molecule has 0 atom stereocenters. The van der Waals surface area contributed by atoms with Crippen LogP contribution in [-0.4, -0.2) is 29.5 Å². The van der Waals surface area contributed by atoms with Gasteiger partial charge in [-0.15, -0.1) is 0 Å². The molecule has 4 rings (SSSR count). The molecule has 178 valence electrons. The van der Waals surface area contributed by atoms with Crippen molar-refractivity contribution in [2.24, 2.45) is 0 Å². The summed E-state index contributed by atoms with van der Waals surface area (Å²) in [6, 6.07) is 27.6. The molecule has 1 aliphatic heterocycles. The second-order valence-corrected chi connectivity index (χ2v) is 9.09. The number of likely N-dealkylation sites (tertiary alicyclic amines) is 1. The largest absolute Gasteiger partial charge is 0.449 e. The zero-order valence-corrected chi connectivity index (χ0v) is 21.1. The van der Waals surface area contributed by atoms with E-state index in [1.807, 2.05) is 71.6 Å². The van der Waals surface area contributed by atoms with Gasteiger partial charge in [0.25, 0.3) is 0 Å². The molecule has 1 aliphatic rings. The summed E-state index contributed by atoms with van der Waals surface area (Å²) in [5, 5.41) is 0. The SMILES string of the molecule is O=C(Cl)OCc1ccccc1.O=C(OCc1ccccc1)N1CCC(c2cccc(Br)c2)CC1. The van der Waals surface area contributed by atoms with E-state index in [0.717, 1.165) is 41.5 Å². The monoisotopic (exact) mass is 543 g/mol. The van der Waals surface area contributed by atoms with Crippen molar-refractivity contribution in [2.75, 3.05) is 13.1 Å². The fourth-order valence-corrected chi connectivity index (χ4v) is 4.15. The first-order valence-corrected chi connectivity index (χ1v) is 12.3. The van der Waals surface area contributed by atoms with E-state index < -0.39 is 5.43 Å². The van der Waals surface area contributed by atoms with Gasteiger partial charge in [0.1, 0.15) is 13.2 Å². The summed E-state index contributed by atoms with van der Waals surface area (Å²) < 4.78 is 11.1. The first-order valence-electron chi connectivity index (χ1n) is 11.1. The molecule has 0 saturated carbocycles. The lowest BCUT2D eigenvalue weighted by atomic mass is 9.90. The highest BCUT2D eigenvalue weighted by molar-refractivity contribution is 9.10. The lowest BCUT2D eigenvalue weighted by Crippen LogP contribution is -2.38. The van der Waals surface area contributed by atoms with Crippen molar-refractivity contribution < 1.29 is 19.1 Å². The average molecular weight is 545 g/mol. The Balaban J connectivity index is 0.000000248. The van der Waals surface area contributed by atoms with Crippen molar-refractivity contribution >= 4 is 39.1 Å². The molecule has 34 heavy (non-hydrogen) atoms. The molecule has 1 saturated heterocycles. The molecule has 0 aliphatic carbocycles. The molecule has 3 aromatic carbocycles. The Morgan fingerprint density at radius 1 is 0.824 bits per heavy atom. The number of rotatable bonds is 5. The third-order valence-electron chi connectivity index (χ3n) is 5.47. The van der Waals surface area contributed by atoms with E-state index in [2.05, 4.69) is 38.9 Å². The molecule has 0 N–H and O–H groups in total. The summed E-state index contributed by atoms with van der Waals surface area (Å²) in [6.07, 6.45) is 1.76. The van der Waals surface area contributed by atoms with Gasteiger partial charge in [0, 0.05) is 29.2 Å². The van der Waals surface area contributed by atoms with E-state index >= 15 is 0 Å². The lowest BCUT2D eigenvalue weighted by molar-refractivity contribution is 0.0870. The summed E-state index contributed by atoms with van der Waals surface area (Å²) in [5.41, 5.74) is 2.52. The molecule has 1 fully saturated rings. The maximum atomic E-state index is 12.2. The number of halogens is 2. The van der Waals surface area contributed by atoms with Gasteiger partial charge in [-0.25, -0.2) is 9.59 Å². The Morgan fingerprint density at radius 2 is 1.38 bits per heavy atom. The lowest BCUT2D eigenvalue weighted by Gasteiger charge is -2.31. The zero-order valence-electron chi connectivity index (χ0n) is 18.7. The predicted molar refractivity (Wildman–Crippen MR) is 137 cm³/mol. The molecule has 0 radical (unpaired) electrons. The van der Waals surface area contributed by atoms with Crippen LogP contribution in [0.5, 0.6) is 0 Å². The number of piperidine rings is 1. The van der Waals surface area contributed by atoms with Crippen LogP contribution in [0.2, 0.25) is 0 Å². The van der Waals surface area contributed by atoms with Crippen LogP contribution < -0.4 is 0 Å². The Bertz CT molecular complexity index is 1040. The van der Waals surface area contributed by atoms with Crippen molar-refractivity contribution in [3.05, 3.63) is 106 Å². The van der Waals surface area contributed by atoms with Crippen LogP contribution in [0.4, 0.5) is 9.59 Å². The molecule has 0 aromatic heterocycles. The Labute approximate surface area is 213 Å². The molecule has 5 nitrogen and oxygen atoms in total. The Hall–Kier alpha value is -2.83. The van der Waals surface area contributed by atoms with Gasteiger partial charge in [-0.2, -0.15) is 0 Å². The van der Waals surface area contributed by atoms with Crippen LogP contribution in [0.3, 0.4) is 0 Å². The highest BCUT2D eigenvalue weighted by Crippen LogP contribution is 2.29. The van der Waals surface area contributed by atoms with Gasteiger partial charge in [-0.1, -0.05) is 88.7 Å². The van der Waals surface area contributed by atoms with Crippen LogP contribution in [0.15, 0.2) is 89.4 Å². The van der Waals surface area contributed by atoms with Crippen molar-refractivity contribution in [3.8, 4) is 0 Å². The number of benzene rings is 3. The van der Waals surface area contributed by atoms with Crippen molar-refractivity contribution in [1.29, 1.82) is 0 Å². The molecule has 7 heteroatoms. The molecular formula is C27H27BrClNO4. The molecule has 0 spiro atoms. The second-order valence-electron chi connectivity index (χ2n) is 7.87. The van der Waals surface area contributed by atoms with E-state index in [-0.39, 0.29) is 12.7 Å². The topological polar surface area (TPSA) is 55.8 Å². The van der Waals surface area contributed by atoms with Gasteiger partial charge in [0.05, 0.1) is 0 Å². The third kappa shape index (κ3) is 8.84. The Morgan fingerprint density at radius 3 is 1.91 bits per heavy atom. The van der Waals surface area contributed by atoms with Crippen molar-refractivity contribution in [2.45, 2.75) is 32.0 Å². The van der Waals surface area contributed by atoms with Gasteiger partial charge in [0.15, 0.2) is 0 Å². The molecular weight excluding hydrogens is 518 g/mol. The molecule has 0 bridgehead atoms. The summed E-state index contributed by atoms with van der Waals surface area (Å²) in [5.74, 6) is 0.519. The third-order valence-corrected chi connectivity index (χ3v) is 6.08. The fraction of sp³-hybridized carbons (Fsp3) is 0.259. The summed E-state index contributed by atoms with van der Waals surface area (Å²) in [6.45, 7) is 2.09. The van der Waals surface area contributed by atoms with Gasteiger partial charge in [0.2, 0.25) is 0 Å². The maximum absolute atomic E-state index is 12.2. The standard InChI is InChI=1S/C19H20BrNO2.C8H7ClO2/c20-18-8-4-7-17(13-18)16-9-11-21(12-10-16)19(22)23-14-15-5-2-1-3-6-15;9-8(10)11-6-7-4-2-1-3-5-7/h1-8,13,16H,9-12,14H2;1-5H,6H2. The number of carbonyl (C=O) groups excluding carboxylic acids is 2. The number of hydrogen-bond acceptors (Lipinski definition) is 4. The van der Waals surface area contributed by atoms with E-state index in [0.29, 0.717) is 12.5 Å². The van der Waals surface area contributed by atoms with Crippen LogP contribution in [0, 0.1) is 0 Å². The van der Waals surface area contributed by atoms with E-state index in [1.165, 1.54) is 5.56 Å². The summed E-state index contributed by atoms with van der Waals surface area (Å²) >= 11 is 8.49. The average Bonchev–Trinajstić information content (AvgIpc) is 2.88. The highest BCUT2D eigenvalue weighted by Gasteiger charge is 2.24. The number of ether oxygens (including phenoxy) is 2. The van der Waals surface area contributed by atoms with E-state index in [9.17, 15) is 9.59 Å². The van der Waals surface area contributed by atoms with Crippen LogP contribution in [-0.2, 0) is 22.7 Å². The van der Waals surface area contributed by atoms with Crippen LogP contribution >= 0.6 is 27.5 Å². The van der Waals surface area contributed by atoms with Crippen LogP contribution in [0.25, 0.3) is 0 Å². The number of hydrogen-bond donors (Lipinski definition) is 0. The second kappa shape index (κ2) is 13.8. The quantitative estimate of drug-likeness (QED) is 0.312. The van der Waals surface area contributed by atoms with Gasteiger partial charge in [-0.05, 0) is 47.6 Å². The van der Waals surface area contributed by atoms with Crippen molar-refractivity contribution in [1.82, 2.24) is 4.90 Å². The minimum Gasteiger partial charge on any atom is -0.449 e. The number of amides is 1. The van der Waals surface area contributed by atoms with Gasteiger partial charge >= 0.3 is 11.5 Å². The fourth-order valence-electron chi connectivity index (χ4n) is 3.68. The summed E-state index contributed by atoms with van der Waals surface area (Å²) in [4.78, 5) is 24.1. The number of nitrogens with zero attached hydrogens (tertiary/aromatic N) is 1. The summed E-state index contributed by atoms with van der Waals surface area (Å²) in [7, 11) is 0. The van der Waals surface area contributed by atoms with Gasteiger partial charge in [-0.3, -0.25) is 0 Å². The normalized spacial score (nSPS) is 13.4. The molecule has 3 aromatic rings. The number of carbonyl (C=O) groups is 2. The van der Waals surface area contributed by atoms with E-state index in [4.69, 9.17) is 16.3 Å². The van der Waals surface area contributed by atoms with Gasteiger partial charge < -0.3 is 14.4 Å². The smallest absolute Gasteiger partial charge is 0.410 e. The minimum absolute atomic E-state index is 0.207. The molecule has 1 heterocycles.